The highest BCUT2D eigenvalue weighted by atomic mass is 35.5. The minimum atomic E-state index is -0.672. The molecule has 0 aromatic heterocycles. The van der Waals surface area contributed by atoms with Gasteiger partial charge in [-0.25, -0.2) is 0 Å². The Labute approximate surface area is 115 Å². The second-order valence-corrected chi connectivity index (χ2v) is 5.96. The van der Waals surface area contributed by atoms with Gasteiger partial charge in [-0.15, -0.1) is 0 Å². The summed E-state index contributed by atoms with van der Waals surface area (Å²) in [5, 5.41) is 10.6. The second-order valence-electron chi connectivity index (χ2n) is 5.09. The molecule has 1 aliphatic carbocycles. The first-order valence-corrected chi connectivity index (χ1v) is 6.75. The van der Waals surface area contributed by atoms with Crippen molar-refractivity contribution in [1.29, 1.82) is 0 Å². The molecule has 0 bridgehead atoms. The molecular formula is C13H13Cl2NO2. The number of nitrogens with zero attached hydrogens (tertiary/aromatic N) is 1. The van der Waals surface area contributed by atoms with Crippen LogP contribution in [0.25, 0.3) is 0 Å². The fourth-order valence-electron chi connectivity index (χ4n) is 3.21. The number of aliphatic carboxylic acids is 1. The molecule has 2 fully saturated rings. The Hall–Kier alpha value is -0.930. The van der Waals surface area contributed by atoms with Crippen molar-refractivity contribution < 1.29 is 9.90 Å². The summed E-state index contributed by atoms with van der Waals surface area (Å²) >= 11 is 12.0. The van der Waals surface area contributed by atoms with Crippen molar-refractivity contribution in [3.8, 4) is 0 Å². The van der Waals surface area contributed by atoms with Gasteiger partial charge in [-0.3, -0.25) is 4.79 Å². The zero-order valence-electron chi connectivity index (χ0n) is 9.70. The molecule has 0 spiro atoms. The van der Waals surface area contributed by atoms with Gasteiger partial charge in [0.1, 0.15) is 0 Å². The molecule has 0 amide bonds. The Morgan fingerprint density at radius 1 is 1.28 bits per heavy atom. The largest absolute Gasteiger partial charge is 0.481 e. The summed E-state index contributed by atoms with van der Waals surface area (Å²) in [5.41, 5.74) is 0.384. The van der Waals surface area contributed by atoms with Crippen LogP contribution in [-0.4, -0.2) is 23.7 Å². The van der Waals surface area contributed by atoms with E-state index in [1.165, 1.54) is 0 Å². The molecule has 1 aliphatic heterocycles. The van der Waals surface area contributed by atoms with Crippen LogP contribution >= 0.6 is 23.2 Å². The topological polar surface area (TPSA) is 40.5 Å². The molecule has 1 aromatic carbocycles. The number of anilines is 1. The molecule has 96 valence electrons. The van der Waals surface area contributed by atoms with Gasteiger partial charge in [-0.1, -0.05) is 23.2 Å². The van der Waals surface area contributed by atoms with Gasteiger partial charge in [-0.05, 0) is 37.5 Å². The van der Waals surface area contributed by atoms with Crippen molar-refractivity contribution >= 4 is 34.9 Å². The van der Waals surface area contributed by atoms with Crippen molar-refractivity contribution in [3.05, 3.63) is 28.2 Å². The lowest BCUT2D eigenvalue weighted by Gasteiger charge is -2.44. The lowest BCUT2D eigenvalue weighted by atomic mass is 9.64. The fourth-order valence-corrected chi connectivity index (χ4v) is 3.73. The summed E-state index contributed by atoms with van der Waals surface area (Å²) in [7, 11) is 0. The maximum atomic E-state index is 11.4. The first-order valence-electron chi connectivity index (χ1n) is 5.99. The summed E-state index contributed by atoms with van der Waals surface area (Å²) in [6, 6.07) is 5.48. The first-order chi connectivity index (χ1) is 8.53. The average molecular weight is 286 g/mol. The molecule has 1 saturated carbocycles. The van der Waals surface area contributed by atoms with Crippen molar-refractivity contribution in [2.75, 3.05) is 11.4 Å². The number of carboxylic acids is 1. The number of carbonyl (C=O) groups is 1. The lowest BCUT2D eigenvalue weighted by molar-refractivity contribution is -0.154. The van der Waals surface area contributed by atoms with Gasteiger partial charge in [0.25, 0.3) is 0 Å². The summed E-state index contributed by atoms with van der Waals surface area (Å²) in [5.74, 6) is -0.672. The van der Waals surface area contributed by atoms with Gasteiger partial charge in [-0.2, -0.15) is 0 Å². The third-order valence-corrected chi connectivity index (χ3v) is 4.72. The number of halogens is 2. The van der Waals surface area contributed by atoms with Gasteiger partial charge in [0, 0.05) is 28.3 Å². The van der Waals surface area contributed by atoms with Crippen molar-refractivity contribution in [3.63, 3.8) is 0 Å². The molecule has 5 heteroatoms. The van der Waals surface area contributed by atoms with Crippen molar-refractivity contribution in [1.82, 2.24) is 0 Å². The van der Waals surface area contributed by atoms with E-state index >= 15 is 0 Å². The maximum Gasteiger partial charge on any atom is 0.311 e. The highest BCUT2D eigenvalue weighted by Gasteiger charge is 2.59. The molecule has 1 saturated heterocycles. The van der Waals surface area contributed by atoms with Crippen LogP contribution in [0.4, 0.5) is 5.69 Å². The van der Waals surface area contributed by atoms with Gasteiger partial charge >= 0.3 is 5.97 Å². The Kier molecular flexibility index (Phi) is 2.72. The quantitative estimate of drug-likeness (QED) is 0.905. The molecule has 18 heavy (non-hydrogen) atoms. The zero-order valence-corrected chi connectivity index (χ0v) is 11.2. The molecule has 2 unspecified atom stereocenters. The number of carboxylic acid groups (broad SMARTS) is 1. The predicted molar refractivity (Wildman–Crippen MR) is 71.5 cm³/mol. The van der Waals surface area contributed by atoms with Crippen LogP contribution < -0.4 is 4.90 Å². The molecular weight excluding hydrogens is 273 g/mol. The van der Waals surface area contributed by atoms with Crippen molar-refractivity contribution in [2.24, 2.45) is 5.41 Å². The third-order valence-electron chi connectivity index (χ3n) is 4.28. The third kappa shape index (κ3) is 1.61. The molecule has 1 N–H and O–H groups in total. The fraction of sp³-hybridized carbons (Fsp3) is 0.462. The first kappa shape index (κ1) is 12.1. The Bertz CT molecular complexity index is 499. The van der Waals surface area contributed by atoms with E-state index in [1.54, 1.807) is 6.07 Å². The van der Waals surface area contributed by atoms with E-state index in [9.17, 15) is 9.90 Å². The summed E-state index contributed by atoms with van der Waals surface area (Å²) in [6.45, 7) is 0.758. The summed E-state index contributed by atoms with van der Waals surface area (Å²) < 4.78 is 0. The monoisotopic (exact) mass is 285 g/mol. The molecule has 2 aliphatic rings. The van der Waals surface area contributed by atoms with Crippen LogP contribution in [0.15, 0.2) is 18.2 Å². The van der Waals surface area contributed by atoms with Crippen LogP contribution in [0.3, 0.4) is 0 Å². The molecule has 3 nitrogen and oxygen atoms in total. The van der Waals surface area contributed by atoms with Crippen LogP contribution in [0.2, 0.25) is 10.0 Å². The summed E-state index contributed by atoms with van der Waals surface area (Å²) in [4.78, 5) is 13.6. The van der Waals surface area contributed by atoms with E-state index in [4.69, 9.17) is 23.2 Å². The number of hydrogen-bond donors (Lipinski definition) is 1. The van der Waals surface area contributed by atoms with Crippen LogP contribution in [-0.2, 0) is 4.79 Å². The number of rotatable bonds is 2. The number of fused-ring (bicyclic) bond motifs is 1. The van der Waals surface area contributed by atoms with E-state index < -0.39 is 11.4 Å². The van der Waals surface area contributed by atoms with Gasteiger partial charge in [0.15, 0.2) is 0 Å². The maximum absolute atomic E-state index is 11.4. The van der Waals surface area contributed by atoms with Crippen LogP contribution in [0.1, 0.15) is 19.3 Å². The Balaban J connectivity index is 1.93. The molecule has 3 rings (SSSR count). The minimum Gasteiger partial charge on any atom is -0.481 e. The van der Waals surface area contributed by atoms with E-state index in [0.29, 0.717) is 16.5 Å². The highest BCUT2D eigenvalue weighted by molar-refractivity contribution is 6.35. The Morgan fingerprint density at radius 2 is 1.94 bits per heavy atom. The van der Waals surface area contributed by atoms with E-state index in [-0.39, 0.29) is 6.04 Å². The SMILES string of the molecule is O=C(O)C12CCC1N(c1cc(Cl)cc(Cl)c1)CC2. The van der Waals surface area contributed by atoms with Gasteiger partial charge in [0.2, 0.25) is 0 Å². The average Bonchev–Trinajstić information content (AvgIpc) is 2.49. The predicted octanol–water partition coefficient (Wildman–Crippen LogP) is 3.44. The number of benzene rings is 1. The normalized spacial score (nSPS) is 29.9. The minimum absolute atomic E-state index is 0.0875. The van der Waals surface area contributed by atoms with E-state index in [1.807, 2.05) is 12.1 Å². The second kappa shape index (κ2) is 4.04. The zero-order chi connectivity index (χ0) is 12.9. The molecule has 1 heterocycles. The van der Waals surface area contributed by atoms with E-state index in [0.717, 1.165) is 25.1 Å². The van der Waals surface area contributed by atoms with E-state index in [2.05, 4.69) is 4.90 Å². The Morgan fingerprint density at radius 3 is 2.39 bits per heavy atom. The molecule has 0 radical (unpaired) electrons. The molecule has 2 atom stereocenters. The van der Waals surface area contributed by atoms with Crippen LogP contribution in [0, 0.1) is 5.41 Å². The smallest absolute Gasteiger partial charge is 0.311 e. The van der Waals surface area contributed by atoms with Gasteiger partial charge < -0.3 is 10.0 Å². The van der Waals surface area contributed by atoms with Crippen molar-refractivity contribution in [2.45, 2.75) is 25.3 Å². The standard InChI is InChI=1S/C13H13Cl2NO2/c14-8-5-9(15)7-10(6-8)16-4-3-13(12(17)18)2-1-11(13)16/h5-7,11H,1-4H2,(H,17,18). The lowest BCUT2D eigenvalue weighted by Crippen LogP contribution is -2.52. The summed E-state index contributed by atoms with van der Waals surface area (Å²) in [6.07, 6.45) is 2.41. The van der Waals surface area contributed by atoms with Crippen LogP contribution in [0.5, 0.6) is 0 Å². The number of hydrogen-bond acceptors (Lipinski definition) is 2. The van der Waals surface area contributed by atoms with Gasteiger partial charge in [0.05, 0.1) is 5.41 Å². The molecule has 1 aromatic rings. The highest BCUT2D eigenvalue weighted by Crippen LogP contribution is 2.53.